The minimum Gasteiger partial charge on any atom is -0.503 e. The molecule has 22 heavy (non-hydrogen) atoms. The lowest BCUT2D eigenvalue weighted by Crippen LogP contribution is -2.13. The number of aromatic nitrogens is 1. The minimum absolute atomic E-state index is 0.0506. The van der Waals surface area contributed by atoms with Gasteiger partial charge in [0.15, 0.2) is 16.6 Å². The van der Waals surface area contributed by atoms with E-state index in [9.17, 15) is 9.90 Å². The Labute approximate surface area is 138 Å². The fourth-order valence-electron chi connectivity index (χ4n) is 1.60. The van der Waals surface area contributed by atoms with Crippen molar-refractivity contribution in [1.82, 2.24) is 4.98 Å². The van der Waals surface area contributed by atoms with Crippen LogP contribution in [-0.2, 0) is 4.79 Å². The molecule has 2 N–H and O–H groups in total. The third-order valence-electron chi connectivity index (χ3n) is 2.60. The van der Waals surface area contributed by atoms with Crippen molar-refractivity contribution in [2.45, 2.75) is 0 Å². The number of carbonyl (C=O) groups is 1. The van der Waals surface area contributed by atoms with E-state index >= 15 is 0 Å². The zero-order valence-corrected chi connectivity index (χ0v) is 13.7. The molecule has 1 aromatic carbocycles. The van der Waals surface area contributed by atoms with Gasteiger partial charge < -0.3 is 9.84 Å². The molecule has 0 saturated carbocycles. The molecule has 0 unspecified atom stereocenters. The smallest absolute Gasteiger partial charge is 0.268 e. The molecule has 1 heterocycles. The van der Waals surface area contributed by atoms with Crippen molar-refractivity contribution in [3.05, 3.63) is 39.3 Å². The van der Waals surface area contributed by atoms with E-state index in [-0.39, 0.29) is 17.1 Å². The Kier molecular flexibility index (Phi) is 5.14. The first-order valence-electron chi connectivity index (χ1n) is 5.94. The highest BCUT2D eigenvalue weighted by Crippen LogP contribution is 2.35. The number of phenols is 1. The van der Waals surface area contributed by atoms with Gasteiger partial charge in [-0.05, 0) is 39.7 Å². The minimum atomic E-state index is -0.555. The average Bonchev–Trinajstić information content (AvgIpc) is 3.00. The number of aromatic hydroxyl groups is 1. The molecule has 6 nitrogen and oxygen atoms in total. The first-order valence-corrected chi connectivity index (χ1v) is 7.61. The van der Waals surface area contributed by atoms with Crippen LogP contribution in [0.15, 0.2) is 33.8 Å². The van der Waals surface area contributed by atoms with Gasteiger partial charge in [0.25, 0.3) is 5.91 Å². The molecule has 0 saturated heterocycles. The molecular weight excluding hydrogens is 370 g/mol. The highest BCUT2D eigenvalue weighted by Gasteiger charge is 2.13. The maximum Gasteiger partial charge on any atom is 0.268 e. The predicted molar refractivity (Wildman–Crippen MR) is 86.7 cm³/mol. The van der Waals surface area contributed by atoms with Crippen molar-refractivity contribution in [2.75, 3.05) is 12.4 Å². The number of hydrogen-bond acceptors (Lipinski definition) is 6. The Balaban J connectivity index is 2.31. The molecule has 2 aromatic rings. The molecule has 0 radical (unpaired) electrons. The molecule has 2 rings (SSSR count). The van der Waals surface area contributed by atoms with Crippen LogP contribution in [0.1, 0.15) is 5.56 Å². The summed E-state index contributed by atoms with van der Waals surface area (Å²) in [6.45, 7) is 0. The molecule has 0 aliphatic heterocycles. The SMILES string of the molecule is COc1cc(C=C(C#N)C(=O)Nc2nccs2)cc(Br)c1O. The predicted octanol–water partition coefficient (Wildman–Crippen LogP) is 3.17. The summed E-state index contributed by atoms with van der Waals surface area (Å²) in [7, 11) is 1.41. The summed E-state index contributed by atoms with van der Waals surface area (Å²) in [6.07, 6.45) is 2.95. The van der Waals surface area contributed by atoms with Crippen molar-refractivity contribution in [3.63, 3.8) is 0 Å². The van der Waals surface area contributed by atoms with E-state index in [2.05, 4.69) is 26.2 Å². The molecule has 0 fully saturated rings. The maximum atomic E-state index is 12.0. The molecule has 112 valence electrons. The highest BCUT2D eigenvalue weighted by molar-refractivity contribution is 9.10. The third kappa shape index (κ3) is 3.63. The number of hydrogen-bond donors (Lipinski definition) is 2. The van der Waals surface area contributed by atoms with E-state index < -0.39 is 5.91 Å². The third-order valence-corrected chi connectivity index (χ3v) is 3.89. The molecule has 0 bridgehead atoms. The molecule has 1 amide bonds. The molecular formula is C14H10BrN3O3S. The number of nitriles is 1. The molecule has 1 aromatic heterocycles. The van der Waals surface area contributed by atoms with Gasteiger partial charge in [0.2, 0.25) is 0 Å². The van der Waals surface area contributed by atoms with Gasteiger partial charge in [-0.2, -0.15) is 5.26 Å². The van der Waals surface area contributed by atoms with Gasteiger partial charge in [0.05, 0.1) is 11.6 Å². The van der Waals surface area contributed by atoms with E-state index in [4.69, 9.17) is 10.00 Å². The fourth-order valence-corrected chi connectivity index (χ4v) is 2.58. The summed E-state index contributed by atoms with van der Waals surface area (Å²) in [5.41, 5.74) is 0.446. The Morgan fingerprint density at radius 3 is 2.95 bits per heavy atom. The van der Waals surface area contributed by atoms with Gasteiger partial charge in [-0.1, -0.05) is 0 Å². The number of phenolic OH excluding ortho intramolecular Hbond substituents is 1. The topological polar surface area (TPSA) is 95.2 Å². The quantitative estimate of drug-likeness (QED) is 0.628. The van der Waals surface area contributed by atoms with Crippen LogP contribution in [0.5, 0.6) is 11.5 Å². The fraction of sp³-hybridized carbons (Fsp3) is 0.0714. The Bertz CT molecular complexity index is 766. The van der Waals surface area contributed by atoms with Crippen molar-refractivity contribution < 1.29 is 14.6 Å². The van der Waals surface area contributed by atoms with Gasteiger partial charge in [0.1, 0.15) is 11.6 Å². The number of thiazole rings is 1. The van der Waals surface area contributed by atoms with Gasteiger partial charge in [0, 0.05) is 11.6 Å². The summed E-state index contributed by atoms with van der Waals surface area (Å²) in [5.74, 6) is -0.371. The zero-order valence-electron chi connectivity index (χ0n) is 11.3. The first-order chi connectivity index (χ1) is 10.5. The average molecular weight is 380 g/mol. The number of anilines is 1. The first kappa shape index (κ1) is 16.0. The number of methoxy groups -OCH3 is 1. The highest BCUT2D eigenvalue weighted by atomic mass is 79.9. The van der Waals surface area contributed by atoms with Gasteiger partial charge in [-0.15, -0.1) is 11.3 Å². The van der Waals surface area contributed by atoms with E-state index in [1.807, 2.05) is 6.07 Å². The van der Waals surface area contributed by atoms with Crippen LogP contribution in [0.2, 0.25) is 0 Å². The van der Waals surface area contributed by atoms with Gasteiger partial charge in [-0.3, -0.25) is 10.1 Å². The molecule has 0 aliphatic carbocycles. The van der Waals surface area contributed by atoms with Crippen LogP contribution in [-0.4, -0.2) is 23.1 Å². The van der Waals surface area contributed by atoms with Crippen molar-refractivity contribution in [2.24, 2.45) is 0 Å². The second kappa shape index (κ2) is 7.06. The number of amides is 1. The molecule has 8 heteroatoms. The lowest BCUT2D eigenvalue weighted by molar-refractivity contribution is -0.112. The van der Waals surface area contributed by atoms with Crippen LogP contribution >= 0.6 is 27.3 Å². The normalized spacial score (nSPS) is 10.9. The zero-order chi connectivity index (χ0) is 16.1. The van der Waals surface area contributed by atoms with E-state index in [0.29, 0.717) is 15.2 Å². The van der Waals surface area contributed by atoms with Gasteiger partial charge in [-0.25, -0.2) is 4.98 Å². The Morgan fingerprint density at radius 2 is 2.36 bits per heavy atom. The number of benzene rings is 1. The van der Waals surface area contributed by atoms with Crippen LogP contribution in [0, 0.1) is 11.3 Å². The lowest BCUT2D eigenvalue weighted by Gasteiger charge is -2.07. The number of halogens is 1. The second-order valence-electron chi connectivity index (χ2n) is 4.01. The standard InChI is InChI=1S/C14H10BrN3O3S/c1-21-11-6-8(5-10(15)12(11)19)4-9(7-16)13(20)18-14-17-2-3-22-14/h2-6,19H,1H3,(H,17,18,20). The Morgan fingerprint density at radius 1 is 1.59 bits per heavy atom. The number of ether oxygens (including phenoxy) is 1. The van der Waals surface area contributed by atoms with Crippen molar-refractivity contribution in [3.8, 4) is 17.6 Å². The van der Waals surface area contributed by atoms with Crippen molar-refractivity contribution >= 4 is 44.4 Å². The van der Waals surface area contributed by atoms with E-state index in [1.54, 1.807) is 17.6 Å². The van der Waals surface area contributed by atoms with Crippen LogP contribution < -0.4 is 10.1 Å². The molecule has 0 atom stereocenters. The number of carbonyl (C=O) groups excluding carboxylic acids is 1. The van der Waals surface area contributed by atoms with E-state index in [1.165, 1.54) is 30.6 Å². The van der Waals surface area contributed by atoms with Gasteiger partial charge >= 0.3 is 0 Å². The number of nitrogens with one attached hydrogen (secondary N) is 1. The maximum absolute atomic E-state index is 12.0. The van der Waals surface area contributed by atoms with Crippen molar-refractivity contribution in [1.29, 1.82) is 5.26 Å². The summed E-state index contributed by atoms with van der Waals surface area (Å²) in [6, 6.07) is 4.94. The molecule has 0 aliphatic rings. The van der Waals surface area contributed by atoms with Crippen LogP contribution in [0.3, 0.4) is 0 Å². The van der Waals surface area contributed by atoms with E-state index in [0.717, 1.165) is 0 Å². The largest absolute Gasteiger partial charge is 0.503 e. The number of nitrogens with zero attached hydrogens (tertiary/aromatic N) is 2. The monoisotopic (exact) mass is 379 g/mol. The van der Waals surface area contributed by atoms with Crippen LogP contribution in [0.4, 0.5) is 5.13 Å². The van der Waals surface area contributed by atoms with Crippen LogP contribution in [0.25, 0.3) is 6.08 Å². The molecule has 0 spiro atoms. The Hall–Kier alpha value is -2.37. The lowest BCUT2D eigenvalue weighted by atomic mass is 10.1. The summed E-state index contributed by atoms with van der Waals surface area (Å²) < 4.78 is 5.43. The summed E-state index contributed by atoms with van der Waals surface area (Å²) in [4.78, 5) is 15.9. The second-order valence-corrected chi connectivity index (χ2v) is 5.76. The number of rotatable bonds is 4. The summed E-state index contributed by atoms with van der Waals surface area (Å²) >= 11 is 4.44. The summed E-state index contributed by atoms with van der Waals surface area (Å²) in [5, 5.41) is 23.6.